The first-order valence-corrected chi connectivity index (χ1v) is 4.91. The second-order valence-electron chi connectivity index (χ2n) is 3.23. The van der Waals surface area contributed by atoms with Crippen molar-refractivity contribution in [3.8, 4) is 17.1 Å². The molecule has 0 atom stereocenters. The maximum Gasteiger partial charge on any atom is 0.222 e. The maximum atomic E-state index is 8.99. The second kappa shape index (κ2) is 4.72. The zero-order chi connectivity index (χ0) is 11.4. The van der Waals surface area contributed by atoms with Crippen molar-refractivity contribution in [1.29, 1.82) is 0 Å². The van der Waals surface area contributed by atoms with Gasteiger partial charge in [0.2, 0.25) is 5.88 Å². The molecule has 0 bridgehead atoms. The molecule has 16 heavy (non-hydrogen) atoms. The Morgan fingerprint density at radius 3 is 2.75 bits per heavy atom. The first-order valence-electron chi connectivity index (χ1n) is 4.91. The average Bonchev–Trinajstić information content (AvgIpc) is 2.39. The van der Waals surface area contributed by atoms with Gasteiger partial charge in [0.1, 0.15) is 0 Å². The molecule has 0 saturated heterocycles. The Morgan fingerprint density at radius 2 is 2.12 bits per heavy atom. The van der Waals surface area contributed by atoms with E-state index in [2.05, 4.69) is 9.97 Å². The van der Waals surface area contributed by atoms with Crippen molar-refractivity contribution in [3.63, 3.8) is 0 Å². The molecule has 0 spiro atoms. The highest BCUT2D eigenvalue weighted by Gasteiger charge is 2.08. The number of methoxy groups -OCH3 is 1. The molecule has 0 saturated carbocycles. The molecule has 4 heteroatoms. The van der Waals surface area contributed by atoms with Crippen LogP contribution in [0.2, 0.25) is 0 Å². The summed E-state index contributed by atoms with van der Waals surface area (Å²) in [4.78, 5) is 8.40. The van der Waals surface area contributed by atoms with Gasteiger partial charge in [0.05, 0.1) is 30.7 Å². The lowest BCUT2D eigenvalue weighted by molar-refractivity contribution is 0.274. The smallest absolute Gasteiger partial charge is 0.222 e. The normalized spacial score (nSPS) is 10.1. The number of hydrogen-bond donors (Lipinski definition) is 1. The van der Waals surface area contributed by atoms with Gasteiger partial charge in [-0.05, 0) is 24.3 Å². The van der Waals surface area contributed by atoms with Gasteiger partial charge in [0.25, 0.3) is 0 Å². The summed E-state index contributed by atoms with van der Waals surface area (Å²) in [5.41, 5.74) is 2.20. The third kappa shape index (κ3) is 2.01. The number of pyridine rings is 2. The van der Waals surface area contributed by atoms with Crippen LogP contribution in [0.25, 0.3) is 11.3 Å². The van der Waals surface area contributed by atoms with Gasteiger partial charge in [-0.25, -0.2) is 4.98 Å². The molecule has 0 radical (unpaired) electrons. The van der Waals surface area contributed by atoms with Gasteiger partial charge in [-0.15, -0.1) is 0 Å². The van der Waals surface area contributed by atoms with E-state index in [0.717, 1.165) is 11.3 Å². The van der Waals surface area contributed by atoms with Gasteiger partial charge in [-0.2, -0.15) is 0 Å². The summed E-state index contributed by atoms with van der Waals surface area (Å²) in [6, 6.07) is 9.25. The Kier molecular flexibility index (Phi) is 3.12. The van der Waals surface area contributed by atoms with E-state index in [-0.39, 0.29) is 6.61 Å². The van der Waals surface area contributed by atoms with Gasteiger partial charge >= 0.3 is 0 Å². The third-order valence-electron chi connectivity index (χ3n) is 2.21. The average molecular weight is 216 g/mol. The predicted octanol–water partition coefficient (Wildman–Crippen LogP) is 1.64. The van der Waals surface area contributed by atoms with Gasteiger partial charge in [-0.1, -0.05) is 6.07 Å². The fraction of sp³-hybridized carbons (Fsp3) is 0.167. The van der Waals surface area contributed by atoms with E-state index >= 15 is 0 Å². The summed E-state index contributed by atoms with van der Waals surface area (Å²) >= 11 is 0. The maximum absolute atomic E-state index is 8.99. The van der Waals surface area contributed by atoms with Crippen molar-refractivity contribution in [2.75, 3.05) is 7.11 Å². The quantitative estimate of drug-likeness (QED) is 0.847. The molecule has 0 amide bonds. The van der Waals surface area contributed by atoms with Crippen LogP contribution in [-0.4, -0.2) is 22.2 Å². The SMILES string of the molecule is COc1nc(CO)ccc1-c1ccccn1. The van der Waals surface area contributed by atoms with Crippen molar-refractivity contribution in [3.05, 3.63) is 42.2 Å². The highest BCUT2D eigenvalue weighted by Crippen LogP contribution is 2.26. The van der Waals surface area contributed by atoms with Crippen molar-refractivity contribution < 1.29 is 9.84 Å². The van der Waals surface area contributed by atoms with Gasteiger partial charge in [0, 0.05) is 6.20 Å². The van der Waals surface area contributed by atoms with Crippen LogP contribution >= 0.6 is 0 Å². The molecule has 2 aromatic rings. The predicted molar refractivity (Wildman–Crippen MR) is 59.9 cm³/mol. The van der Waals surface area contributed by atoms with Crippen molar-refractivity contribution >= 4 is 0 Å². The highest BCUT2D eigenvalue weighted by atomic mass is 16.5. The number of ether oxygens (including phenoxy) is 1. The molecule has 1 N–H and O–H groups in total. The molecular weight excluding hydrogens is 204 g/mol. The zero-order valence-corrected chi connectivity index (χ0v) is 8.92. The zero-order valence-electron chi connectivity index (χ0n) is 8.92. The molecule has 0 aliphatic carbocycles. The minimum atomic E-state index is -0.0984. The molecular formula is C12H12N2O2. The Bertz CT molecular complexity index is 472. The number of rotatable bonds is 3. The number of aliphatic hydroxyl groups excluding tert-OH is 1. The molecule has 0 aliphatic heterocycles. The van der Waals surface area contributed by atoms with E-state index in [1.165, 1.54) is 0 Å². The van der Waals surface area contributed by atoms with Crippen molar-refractivity contribution in [2.45, 2.75) is 6.61 Å². The summed E-state index contributed by atoms with van der Waals surface area (Å²) in [6.07, 6.45) is 1.72. The molecule has 2 heterocycles. The summed E-state index contributed by atoms with van der Waals surface area (Å²) in [6.45, 7) is -0.0984. The Balaban J connectivity index is 2.49. The van der Waals surface area contributed by atoms with Gasteiger partial charge in [0.15, 0.2) is 0 Å². The number of nitrogens with zero attached hydrogens (tertiary/aromatic N) is 2. The molecule has 82 valence electrons. The lowest BCUT2D eigenvalue weighted by atomic mass is 10.1. The first kappa shape index (κ1) is 10.6. The Hall–Kier alpha value is -1.94. The van der Waals surface area contributed by atoms with Crippen LogP contribution in [-0.2, 0) is 6.61 Å². The molecule has 2 rings (SSSR count). The number of aromatic nitrogens is 2. The monoisotopic (exact) mass is 216 g/mol. The number of aliphatic hydroxyl groups is 1. The van der Waals surface area contributed by atoms with E-state index in [0.29, 0.717) is 11.6 Å². The van der Waals surface area contributed by atoms with Crippen LogP contribution in [0.15, 0.2) is 36.5 Å². The van der Waals surface area contributed by atoms with E-state index in [1.807, 2.05) is 24.3 Å². The topological polar surface area (TPSA) is 55.2 Å². The van der Waals surface area contributed by atoms with E-state index in [1.54, 1.807) is 19.4 Å². The summed E-state index contributed by atoms with van der Waals surface area (Å²) in [7, 11) is 1.55. The lowest BCUT2D eigenvalue weighted by Gasteiger charge is -2.07. The molecule has 0 fully saturated rings. The Morgan fingerprint density at radius 1 is 1.25 bits per heavy atom. The largest absolute Gasteiger partial charge is 0.480 e. The van der Waals surface area contributed by atoms with Crippen LogP contribution in [0.5, 0.6) is 5.88 Å². The van der Waals surface area contributed by atoms with E-state index in [4.69, 9.17) is 9.84 Å². The molecule has 0 unspecified atom stereocenters. The fourth-order valence-corrected chi connectivity index (χ4v) is 1.44. The van der Waals surface area contributed by atoms with Crippen molar-refractivity contribution in [1.82, 2.24) is 9.97 Å². The third-order valence-corrected chi connectivity index (χ3v) is 2.21. The van der Waals surface area contributed by atoms with Crippen LogP contribution in [0.4, 0.5) is 0 Å². The van der Waals surface area contributed by atoms with Gasteiger partial charge in [-0.3, -0.25) is 4.98 Å². The summed E-state index contributed by atoms with van der Waals surface area (Å²) in [5, 5.41) is 8.99. The van der Waals surface area contributed by atoms with Crippen molar-refractivity contribution in [2.24, 2.45) is 0 Å². The molecule has 0 aromatic carbocycles. The van der Waals surface area contributed by atoms with E-state index in [9.17, 15) is 0 Å². The molecule has 4 nitrogen and oxygen atoms in total. The first-order chi connectivity index (χ1) is 7.85. The van der Waals surface area contributed by atoms with E-state index < -0.39 is 0 Å². The minimum absolute atomic E-state index is 0.0984. The summed E-state index contributed by atoms with van der Waals surface area (Å²) < 4.78 is 5.18. The van der Waals surface area contributed by atoms with Crippen LogP contribution in [0.1, 0.15) is 5.69 Å². The fourth-order valence-electron chi connectivity index (χ4n) is 1.44. The second-order valence-corrected chi connectivity index (χ2v) is 3.23. The van der Waals surface area contributed by atoms with Crippen LogP contribution in [0, 0.1) is 0 Å². The minimum Gasteiger partial charge on any atom is -0.480 e. The lowest BCUT2D eigenvalue weighted by Crippen LogP contribution is -1.97. The number of hydrogen-bond acceptors (Lipinski definition) is 4. The standard InChI is InChI=1S/C12H12N2O2/c1-16-12-10(6-5-9(8-15)14-12)11-4-2-3-7-13-11/h2-7,15H,8H2,1H3. The highest BCUT2D eigenvalue weighted by molar-refractivity contribution is 5.64. The Labute approximate surface area is 93.6 Å². The van der Waals surface area contributed by atoms with Gasteiger partial charge < -0.3 is 9.84 Å². The molecule has 2 aromatic heterocycles. The van der Waals surface area contributed by atoms with Crippen LogP contribution < -0.4 is 4.74 Å². The molecule has 0 aliphatic rings. The summed E-state index contributed by atoms with van der Waals surface area (Å²) in [5.74, 6) is 0.477. The van der Waals surface area contributed by atoms with Crippen LogP contribution in [0.3, 0.4) is 0 Å².